The summed E-state index contributed by atoms with van der Waals surface area (Å²) in [6, 6.07) is 10.2. The van der Waals surface area contributed by atoms with Gasteiger partial charge in [0.25, 0.3) is 0 Å². The second kappa shape index (κ2) is 4.77. The van der Waals surface area contributed by atoms with E-state index < -0.39 is 0 Å². The minimum Gasteiger partial charge on any atom is -0.240 e. The van der Waals surface area contributed by atoms with E-state index >= 15 is 0 Å². The molecule has 0 fully saturated rings. The Kier molecular flexibility index (Phi) is 3.37. The zero-order valence-corrected chi connectivity index (χ0v) is 11.1. The highest BCUT2D eigenvalue weighted by Crippen LogP contribution is 2.29. The van der Waals surface area contributed by atoms with E-state index in [1.165, 1.54) is 0 Å². The monoisotopic (exact) mass is 292 g/mol. The number of benzene rings is 1. The van der Waals surface area contributed by atoms with Crippen molar-refractivity contribution < 1.29 is 0 Å². The van der Waals surface area contributed by atoms with Crippen LogP contribution in [0.5, 0.6) is 0 Å². The topological polar surface area (TPSA) is 36.7 Å². The molecule has 16 heavy (non-hydrogen) atoms. The number of rotatable bonds is 2. The molecule has 2 rings (SSSR count). The summed E-state index contributed by atoms with van der Waals surface area (Å²) < 4.78 is 1.04. The molecule has 0 radical (unpaired) electrons. The van der Waals surface area contributed by atoms with Gasteiger partial charge in [0.05, 0.1) is 18.2 Å². The van der Waals surface area contributed by atoms with E-state index in [1.54, 1.807) is 11.3 Å². The predicted molar refractivity (Wildman–Crippen MR) is 69.3 cm³/mol. The Bertz CT molecular complexity index is 554. The van der Waals surface area contributed by atoms with Gasteiger partial charge in [0.15, 0.2) is 0 Å². The van der Waals surface area contributed by atoms with Gasteiger partial charge in [0, 0.05) is 14.9 Å². The molecule has 0 bridgehead atoms. The average Bonchev–Trinajstić information content (AvgIpc) is 2.60. The molecule has 0 spiro atoms. The van der Waals surface area contributed by atoms with E-state index in [9.17, 15) is 0 Å². The van der Waals surface area contributed by atoms with E-state index in [0.717, 1.165) is 25.6 Å². The zero-order chi connectivity index (χ0) is 11.5. The van der Waals surface area contributed by atoms with Crippen LogP contribution in [0.15, 0.2) is 28.7 Å². The summed E-state index contributed by atoms with van der Waals surface area (Å²) in [6.45, 7) is 2.04. The van der Waals surface area contributed by atoms with Crippen LogP contribution in [0.25, 0.3) is 11.3 Å². The summed E-state index contributed by atoms with van der Waals surface area (Å²) in [5.41, 5.74) is 2.07. The van der Waals surface area contributed by atoms with Gasteiger partial charge in [-0.3, -0.25) is 0 Å². The second-order valence-electron chi connectivity index (χ2n) is 3.36. The first-order valence-corrected chi connectivity index (χ1v) is 6.41. The molecule has 0 aliphatic rings. The molecule has 0 N–H and O–H groups in total. The quantitative estimate of drug-likeness (QED) is 0.840. The fourth-order valence-corrected chi connectivity index (χ4v) is 2.78. The molecular formula is C12H9BrN2S. The molecule has 0 saturated carbocycles. The molecule has 0 amide bonds. The first kappa shape index (κ1) is 11.3. The summed E-state index contributed by atoms with van der Waals surface area (Å²) in [4.78, 5) is 5.64. The molecule has 4 heteroatoms. The number of hydrogen-bond acceptors (Lipinski definition) is 3. The molecule has 1 aromatic heterocycles. The van der Waals surface area contributed by atoms with Gasteiger partial charge in [0.2, 0.25) is 0 Å². The van der Waals surface area contributed by atoms with Crippen molar-refractivity contribution in [1.82, 2.24) is 4.98 Å². The number of aryl methyl sites for hydroxylation is 1. The Morgan fingerprint density at radius 2 is 2.31 bits per heavy atom. The molecule has 0 atom stereocenters. The number of thiazole rings is 1. The van der Waals surface area contributed by atoms with Gasteiger partial charge in [-0.1, -0.05) is 28.1 Å². The van der Waals surface area contributed by atoms with Crippen LogP contribution in [0.4, 0.5) is 0 Å². The second-order valence-corrected chi connectivity index (χ2v) is 5.56. The molecule has 2 nitrogen and oxygen atoms in total. The number of hydrogen-bond donors (Lipinski definition) is 0. The van der Waals surface area contributed by atoms with Crippen LogP contribution in [0.1, 0.15) is 9.88 Å². The Morgan fingerprint density at radius 1 is 1.50 bits per heavy atom. The zero-order valence-electron chi connectivity index (χ0n) is 8.70. The lowest BCUT2D eigenvalue weighted by atomic mass is 10.1. The van der Waals surface area contributed by atoms with Crippen molar-refractivity contribution >= 4 is 27.3 Å². The van der Waals surface area contributed by atoms with Crippen molar-refractivity contribution in [3.63, 3.8) is 0 Å². The fraction of sp³-hybridized carbons (Fsp3) is 0.167. The van der Waals surface area contributed by atoms with Crippen molar-refractivity contribution in [2.24, 2.45) is 0 Å². The summed E-state index contributed by atoms with van der Waals surface area (Å²) in [5.74, 6) is 0. The third kappa shape index (κ3) is 2.31. The Hall–Kier alpha value is -1.18. The van der Waals surface area contributed by atoms with E-state index in [2.05, 4.69) is 27.0 Å². The van der Waals surface area contributed by atoms with Crippen LogP contribution in [0.3, 0.4) is 0 Å². The predicted octanol–water partition coefficient (Wildman–Crippen LogP) is 3.95. The van der Waals surface area contributed by atoms with Gasteiger partial charge in [-0.15, -0.1) is 11.3 Å². The molecule has 80 valence electrons. The minimum absolute atomic E-state index is 0.388. The van der Waals surface area contributed by atoms with Crippen LogP contribution in [-0.4, -0.2) is 4.98 Å². The van der Waals surface area contributed by atoms with Crippen LogP contribution in [-0.2, 0) is 6.42 Å². The van der Waals surface area contributed by atoms with Gasteiger partial charge in [-0.2, -0.15) is 5.26 Å². The summed E-state index contributed by atoms with van der Waals surface area (Å²) in [7, 11) is 0. The van der Waals surface area contributed by atoms with Gasteiger partial charge < -0.3 is 0 Å². The number of nitrogens with zero attached hydrogens (tertiary/aromatic N) is 2. The molecule has 1 heterocycles. The van der Waals surface area contributed by atoms with E-state index in [1.807, 2.05) is 31.2 Å². The third-order valence-corrected chi connectivity index (χ3v) is 3.63. The van der Waals surface area contributed by atoms with Crippen molar-refractivity contribution in [3.05, 3.63) is 38.6 Å². The van der Waals surface area contributed by atoms with Crippen LogP contribution >= 0.6 is 27.3 Å². The molecule has 0 saturated heterocycles. The van der Waals surface area contributed by atoms with Gasteiger partial charge in [0.1, 0.15) is 5.01 Å². The lowest BCUT2D eigenvalue weighted by Gasteiger charge is -1.98. The van der Waals surface area contributed by atoms with Crippen molar-refractivity contribution in [2.45, 2.75) is 13.3 Å². The number of aromatic nitrogens is 1. The summed E-state index contributed by atoms with van der Waals surface area (Å²) in [6.07, 6.45) is 0.388. The highest BCUT2D eigenvalue weighted by molar-refractivity contribution is 9.10. The summed E-state index contributed by atoms with van der Waals surface area (Å²) in [5, 5.41) is 9.53. The maximum atomic E-state index is 8.64. The smallest absolute Gasteiger partial charge is 0.108 e. The fourth-order valence-electron chi connectivity index (χ4n) is 1.50. The molecule has 0 aliphatic heterocycles. The largest absolute Gasteiger partial charge is 0.240 e. The molecule has 0 unspecified atom stereocenters. The molecule has 2 aromatic rings. The van der Waals surface area contributed by atoms with E-state index in [4.69, 9.17) is 5.26 Å². The Balaban J connectivity index is 2.44. The van der Waals surface area contributed by atoms with Crippen LogP contribution in [0.2, 0.25) is 0 Å². The lowest BCUT2D eigenvalue weighted by Crippen LogP contribution is -1.82. The minimum atomic E-state index is 0.388. The van der Waals surface area contributed by atoms with Crippen molar-refractivity contribution in [1.29, 1.82) is 5.26 Å². The first-order valence-electron chi connectivity index (χ1n) is 4.80. The van der Waals surface area contributed by atoms with E-state index in [0.29, 0.717) is 6.42 Å². The third-order valence-electron chi connectivity index (χ3n) is 2.17. The highest BCUT2D eigenvalue weighted by atomic mass is 79.9. The molecule has 0 aliphatic carbocycles. The Labute approximate surface area is 107 Å². The number of nitriles is 1. The average molecular weight is 293 g/mol. The SMILES string of the molecule is Cc1sc(CC#N)nc1-c1cccc(Br)c1. The van der Waals surface area contributed by atoms with Gasteiger partial charge in [-0.25, -0.2) is 4.98 Å². The number of halogens is 1. The standard InChI is InChI=1S/C12H9BrN2S/c1-8-12(15-11(16-8)5-6-14)9-3-2-4-10(13)7-9/h2-4,7H,5H2,1H3. The van der Waals surface area contributed by atoms with Gasteiger partial charge >= 0.3 is 0 Å². The maximum absolute atomic E-state index is 8.64. The highest BCUT2D eigenvalue weighted by Gasteiger charge is 2.09. The first-order chi connectivity index (χ1) is 7.70. The van der Waals surface area contributed by atoms with Crippen LogP contribution in [0, 0.1) is 18.3 Å². The normalized spacial score (nSPS) is 10.1. The van der Waals surface area contributed by atoms with E-state index in [-0.39, 0.29) is 0 Å². The van der Waals surface area contributed by atoms with Crippen molar-refractivity contribution in [2.75, 3.05) is 0 Å². The van der Waals surface area contributed by atoms with Crippen LogP contribution < -0.4 is 0 Å². The molecular weight excluding hydrogens is 284 g/mol. The molecule has 1 aromatic carbocycles. The van der Waals surface area contributed by atoms with Gasteiger partial charge in [-0.05, 0) is 19.1 Å². The Morgan fingerprint density at radius 3 is 3.00 bits per heavy atom. The maximum Gasteiger partial charge on any atom is 0.108 e. The summed E-state index contributed by atoms with van der Waals surface area (Å²) >= 11 is 5.04. The lowest BCUT2D eigenvalue weighted by molar-refractivity contribution is 1.19. The van der Waals surface area contributed by atoms with Crippen molar-refractivity contribution in [3.8, 4) is 17.3 Å².